The van der Waals surface area contributed by atoms with E-state index in [0.29, 0.717) is 30.8 Å². The SMILES string of the molecule is Cn1ccnc1C=C[C@@]12CCCN1C(=O)OCc1ccc(cc1)S(=O)(=O)O2. The molecule has 9 heteroatoms. The minimum atomic E-state index is -4.09. The number of carbonyl (C=O) groups excluding carboxylic acids is 1. The van der Waals surface area contributed by atoms with E-state index < -0.39 is 21.9 Å². The number of benzene rings is 1. The first-order valence-electron chi connectivity index (χ1n) is 8.55. The summed E-state index contributed by atoms with van der Waals surface area (Å²) in [5.74, 6) is 0.615. The van der Waals surface area contributed by atoms with E-state index in [4.69, 9.17) is 8.92 Å². The molecular weight excluding hydrogens is 370 g/mol. The summed E-state index contributed by atoms with van der Waals surface area (Å²) in [6.07, 6.45) is 6.95. The highest BCUT2D eigenvalue weighted by molar-refractivity contribution is 7.86. The van der Waals surface area contributed by atoms with E-state index in [-0.39, 0.29) is 11.5 Å². The van der Waals surface area contributed by atoms with E-state index in [1.54, 1.807) is 41.2 Å². The van der Waals surface area contributed by atoms with Crippen LogP contribution in [0.2, 0.25) is 0 Å². The highest BCUT2D eigenvalue weighted by Crippen LogP contribution is 2.37. The highest BCUT2D eigenvalue weighted by atomic mass is 32.2. The summed E-state index contributed by atoms with van der Waals surface area (Å²) >= 11 is 0. The lowest BCUT2D eigenvalue weighted by atomic mass is 10.1. The summed E-state index contributed by atoms with van der Waals surface area (Å²) in [6, 6.07) is 6.13. The van der Waals surface area contributed by atoms with Gasteiger partial charge in [-0.2, -0.15) is 8.42 Å². The molecule has 3 aliphatic heterocycles. The molecule has 1 aromatic carbocycles. The van der Waals surface area contributed by atoms with Gasteiger partial charge >= 0.3 is 6.09 Å². The van der Waals surface area contributed by atoms with Gasteiger partial charge in [-0.15, -0.1) is 0 Å². The molecule has 8 nitrogen and oxygen atoms in total. The Morgan fingerprint density at radius 1 is 1.26 bits per heavy atom. The van der Waals surface area contributed by atoms with E-state index in [1.807, 2.05) is 7.05 Å². The molecule has 1 atom stereocenters. The monoisotopic (exact) mass is 389 g/mol. The van der Waals surface area contributed by atoms with Crippen LogP contribution in [0, 0.1) is 0 Å². The summed E-state index contributed by atoms with van der Waals surface area (Å²) < 4.78 is 38.5. The lowest BCUT2D eigenvalue weighted by Gasteiger charge is -2.33. The van der Waals surface area contributed by atoms with Crippen molar-refractivity contribution in [2.75, 3.05) is 6.54 Å². The predicted molar refractivity (Wildman–Crippen MR) is 95.8 cm³/mol. The van der Waals surface area contributed by atoms with Crippen molar-refractivity contribution >= 4 is 22.3 Å². The first-order valence-corrected chi connectivity index (χ1v) is 9.96. The number of carbonyl (C=O) groups is 1. The summed E-state index contributed by atoms with van der Waals surface area (Å²) in [6.45, 7) is 0.402. The number of amides is 1. The van der Waals surface area contributed by atoms with Gasteiger partial charge < -0.3 is 9.30 Å². The molecule has 27 heavy (non-hydrogen) atoms. The number of imidazole rings is 1. The quantitative estimate of drug-likeness (QED) is 0.732. The Hall–Kier alpha value is -2.65. The summed E-state index contributed by atoms with van der Waals surface area (Å²) in [5.41, 5.74) is -0.749. The zero-order chi connectivity index (χ0) is 19.1. The van der Waals surface area contributed by atoms with E-state index >= 15 is 0 Å². The second kappa shape index (κ2) is 6.50. The average molecular weight is 389 g/mol. The first-order chi connectivity index (χ1) is 12.9. The number of aryl methyl sites for hydroxylation is 1. The molecule has 0 aliphatic carbocycles. The third kappa shape index (κ3) is 3.24. The van der Waals surface area contributed by atoms with Crippen LogP contribution in [-0.2, 0) is 32.7 Å². The molecule has 142 valence electrons. The van der Waals surface area contributed by atoms with Gasteiger partial charge in [0.05, 0.1) is 4.90 Å². The molecular formula is C18H19N3O5S. The average Bonchev–Trinajstić information content (AvgIpc) is 3.23. The van der Waals surface area contributed by atoms with Crippen molar-refractivity contribution in [3.05, 3.63) is 54.1 Å². The van der Waals surface area contributed by atoms with E-state index in [1.165, 1.54) is 17.0 Å². The van der Waals surface area contributed by atoms with Crippen LogP contribution in [0.1, 0.15) is 24.2 Å². The molecule has 2 aromatic rings. The molecule has 0 spiro atoms. The number of nitrogens with zero attached hydrogens (tertiary/aromatic N) is 3. The lowest BCUT2D eigenvalue weighted by Crippen LogP contribution is -2.49. The zero-order valence-electron chi connectivity index (χ0n) is 14.7. The minimum Gasteiger partial charge on any atom is -0.444 e. The Kier molecular flexibility index (Phi) is 4.27. The van der Waals surface area contributed by atoms with Gasteiger partial charge in [-0.3, -0.25) is 4.90 Å². The van der Waals surface area contributed by atoms with E-state index in [2.05, 4.69) is 4.98 Å². The van der Waals surface area contributed by atoms with Crippen molar-refractivity contribution in [1.82, 2.24) is 14.5 Å². The molecule has 0 unspecified atom stereocenters. The molecule has 1 saturated heterocycles. The summed E-state index contributed by atoms with van der Waals surface area (Å²) in [5, 5.41) is 0. The van der Waals surface area contributed by atoms with Crippen molar-refractivity contribution in [3.63, 3.8) is 0 Å². The van der Waals surface area contributed by atoms with Crippen LogP contribution in [0.25, 0.3) is 6.08 Å². The van der Waals surface area contributed by atoms with Gasteiger partial charge in [0, 0.05) is 32.4 Å². The highest BCUT2D eigenvalue weighted by Gasteiger charge is 2.47. The van der Waals surface area contributed by atoms with Gasteiger partial charge in [-0.05, 0) is 36.3 Å². The Morgan fingerprint density at radius 3 is 2.74 bits per heavy atom. The fourth-order valence-electron chi connectivity index (χ4n) is 3.30. The Balaban J connectivity index is 1.80. The maximum Gasteiger partial charge on any atom is 0.412 e. The third-order valence-corrected chi connectivity index (χ3v) is 6.13. The molecule has 1 aromatic heterocycles. The van der Waals surface area contributed by atoms with Crippen molar-refractivity contribution < 1.29 is 22.1 Å². The maximum absolute atomic E-state index is 12.9. The smallest absolute Gasteiger partial charge is 0.412 e. The number of hydrogen-bond donors (Lipinski definition) is 0. The van der Waals surface area contributed by atoms with E-state index in [9.17, 15) is 13.2 Å². The number of fused-ring (bicyclic) bond motifs is 5. The number of hydrogen-bond acceptors (Lipinski definition) is 6. The van der Waals surface area contributed by atoms with Crippen LogP contribution in [0.5, 0.6) is 0 Å². The van der Waals surface area contributed by atoms with Crippen LogP contribution >= 0.6 is 0 Å². The number of ether oxygens (including phenoxy) is 1. The van der Waals surface area contributed by atoms with Gasteiger partial charge in [0.2, 0.25) is 0 Å². The topological polar surface area (TPSA) is 90.7 Å². The number of aromatic nitrogens is 2. The Bertz CT molecular complexity index is 996. The largest absolute Gasteiger partial charge is 0.444 e. The first kappa shape index (κ1) is 17.7. The molecule has 5 rings (SSSR count). The molecule has 2 bridgehead atoms. The third-order valence-electron chi connectivity index (χ3n) is 4.77. The van der Waals surface area contributed by atoms with Gasteiger partial charge in [0.25, 0.3) is 10.1 Å². The normalized spacial score (nSPS) is 24.6. The summed E-state index contributed by atoms with van der Waals surface area (Å²) in [7, 11) is -2.27. The van der Waals surface area contributed by atoms with Crippen molar-refractivity contribution in [2.24, 2.45) is 7.05 Å². The standard InChI is InChI=1S/C18H19N3O5S/c1-20-12-10-19-16(20)7-9-18-8-2-11-21(18)17(22)25-13-14-3-5-15(6-4-14)27(23,24)26-18/h3-7,9-10,12H,2,8,11,13H2,1H3/t18-/m0/s1. The Labute approximate surface area is 157 Å². The minimum absolute atomic E-state index is 0.0391. The van der Waals surface area contributed by atoms with Crippen LogP contribution in [0.4, 0.5) is 4.79 Å². The zero-order valence-corrected chi connectivity index (χ0v) is 15.6. The lowest BCUT2D eigenvalue weighted by molar-refractivity contribution is -0.0101. The second-order valence-electron chi connectivity index (χ2n) is 6.57. The van der Waals surface area contributed by atoms with E-state index in [0.717, 1.165) is 0 Å². The molecule has 4 heterocycles. The van der Waals surface area contributed by atoms with Gasteiger partial charge in [-0.25, -0.2) is 14.0 Å². The molecule has 1 fully saturated rings. The molecule has 3 aliphatic rings. The number of rotatable bonds is 2. The van der Waals surface area contributed by atoms with Gasteiger partial charge in [0.15, 0.2) is 5.72 Å². The Morgan fingerprint density at radius 2 is 2.04 bits per heavy atom. The van der Waals surface area contributed by atoms with Gasteiger partial charge in [-0.1, -0.05) is 12.1 Å². The molecule has 0 saturated carbocycles. The molecule has 0 radical (unpaired) electrons. The van der Waals surface area contributed by atoms with Crippen LogP contribution in [0.3, 0.4) is 0 Å². The molecule has 0 N–H and O–H groups in total. The van der Waals surface area contributed by atoms with Crippen molar-refractivity contribution in [2.45, 2.75) is 30.1 Å². The maximum atomic E-state index is 12.9. The van der Waals surface area contributed by atoms with Crippen molar-refractivity contribution in [3.8, 4) is 0 Å². The fraction of sp³-hybridized carbons (Fsp3) is 0.333. The van der Waals surface area contributed by atoms with Crippen LogP contribution in [0.15, 0.2) is 47.6 Å². The summed E-state index contributed by atoms with van der Waals surface area (Å²) in [4.78, 5) is 18.2. The second-order valence-corrected chi connectivity index (χ2v) is 8.11. The molecule has 1 amide bonds. The predicted octanol–water partition coefficient (Wildman–Crippen LogP) is 2.28. The van der Waals surface area contributed by atoms with Gasteiger partial charge in [0.1, 0.15) is 12.4 Å². The fourth-order valence-corrected chi connectivity index (χ4v) is 4.48. The van der Waals surface area contributed by atoms with Crippen LogP contribution in [-0.4, -0.2) is 41.2 Å². The van der Waals surface area contributed by atoms with Crippen molar-refractivity contribution in [1.29, 1.82) is 0 Å². The van der Waals surface area contributed by atoms with Crippen LogP contribution < -0.4 is 0 Å².